The minimum atomic E-state index is -3.89. The zero-order valence-corrected chi connectivity index (χ0v) is 23.8. The molecule has 0 radical (unpaired) electrons. The Bertz CT molecular complexity index is 1180. The van der Waals surface area contributed by atoms with Crippen molar-refractivity contribution >= 4 is 21.9 Å². The number of carbonyl (C=O) groups is 2. The standard InChI is InChI=1S/C29H40N2O7S/c1-29(2,16-18-38-20-23-9-14-27(23)32)21-31(39(35,36)26-12-10-25(37-3)11-13-26)17-15-24(30-28(33)34)19-22-7-5-4-6-8-22/h4-8,10-13,23-24,30H,9,14-21H2,1-3H3,(H,33,34)/t23?,24-/m1/s1. The number of nitrogens with one attached hydrogen (secondary N) is 1. The van der Waals surface area contributed by atoms with Crippen LogP contribution in [0.1, 0.15) is 45.1 Å². The first-order chi connectivity index (χ1) is 18.5. The summed E-state index contributed by atoms with van der Waals surface area (Å²) in [4.78, 5) is 23.2. The number of rotatable bonds is 16. The Balaban J connectivity index is 1.74. The number of benzene rings is 2. The maximum Gasteiger partial charge on any atom is 0.404 e. The molecule has 1 saturated carbocycles. The molecule has 0 heterocycles. The van der Waals surface area contributed by atoms with Gasteiger partial charge in [0.05, 0.1) is 18.6 Å². The zero-order chi connectivity index (χ0) is 28.5. The van der Waals surface area contributed by atoms with Crippen LogP contribution in [0.4, 0.5) is 4.79 Å². The van der Waals surface area contributed by atoms with Crippen molar-refractivity contribution in [1.29, 1.82) is 0 Å². The van der Waals surface area contributed by atoms with Gasteiger partial charge in [0.2, 0.25) is 10.0 Å². The van der Waals surface area contributed by atoms with Crippen molar-refractivity contribution in [2.45, 2.75) is 56.9 Å². The zero-order valence-electron chi connectivity index (χ0n) is 23.0. The molecule has 1 aliphatic rings. The van der Waals surface area contributed by atoms with Crippen molar-refractivity contribution in [2.24, 2.45) is 11.3 Å². The number of hydrogen-bond acceptors (Lipinski definition) is 6. The predicted molar refractivity (Wildman–Crippen MR) is 148 cm³/mol. The second-order valence-corrected chi connectivity index (χ2v) is 12.8. The van der Waals surface area contributed by atoms with Gasteiger partial charge in [0.25, 0.3) is 0 Å². The van der Waals surface area contributed by atoms with Gasteiger partial charge < -0.3 is 19.9 Å². The van der Waals surface area contributed by atoms with E-state index in [4.69, 9.17) is 9.47 Å². The number of carbonyl (C=O) groups excluding carboxylic acids is 1. The van der Waals surface area contributed by atoms with Gasteiger partial charge in [-0.2, -0.15) is 4.31 Å². The van der Waals surface area contributed by atoms with Crippen LogP contribution in [0.25, 0.3) is 0 Å². The van der Waals surface area contributed by atoms with Crippen LogP contribution in [0, 0.1) is 11.3 Å². The van der Waals surface area contributed by atoms with Crippen molar-refractivity contribution in [3.63, 3.8) is 0 Å². The molecule has 0 spiro atoms. The predicted octanol–water partition coefficient (Wildman–Crippen LogP) is 4.37. The van der Waals surface area contributed by atoms with Crippen molar-refractivity contribution in [3.8, 4) is 5.75 Å². The summed E-state index contributed by atoms with van der Waals surface area (Å²) in [6.45, 7) is 5.15. The summed E-state index contributed by atoms with van der Waals surface area (Å²) < 4.78 is 39.9. The molecule has 9 nitrogen and oxygen atoms in total. The van der Waals surface area contributed by atoms with E-state index in [1.54, 1.807) is 12.1 Å². The van der Waals surface area contributed by atoms with E-state index in [0.717, 1.165) is 12.0 Å². The molecule has 2 N–H and O–H groups in total. The summed E-state index contributed by atoms with van der Waals surface area (Å²) in [7, 11) is -2.37. The van der Waals surface area contributed by atoms with E-state index in [9.17, 15) is 23.1 Å². The fourth-order valence-corrected chi connectivity index (χ4v) is 6.20. The van der Waals surface area contributed by atoms with Crippen molar-refractivity contribution in [3.05, 3.63) is 60.2 Å². The molecule has 0 saturated heterocycles. The molecule has 39 heavy (non-hydrogen) atoms. The minimum Gasteiger partial charge on any atom is -0.497 e. The summed E-state index contributed by atoms with van der Waals surface area (Å²) >= 11 is 0. The van der Waals surface area contributed by atoms with Gasteiger partial charge in [-0.25, -0.2) is 13.2 Å². The van der Waals surface area contributed by atoms with Gasteiger partial charge in [0.15, 0.2) is 0 Å². The Hall–Kier alpha value is -2.95. The van der Waals surface area contributed by atoms with Crippen LogP contribution in [0.3, 0.4) is 0 Å². The first kappa shape index (κ1) is 30.6. The average Bonchev–Trinajstić information content (AvgIpc) is 2.90. The van der Waals surface area contributed by atoms with Gasteiger partial charge >= 0.3 is 6.09 Å². The summed E-state index contributed by atoms with van der Waals surface area (Å²) in [6, 6.07) is 15.3. The molecular formula is C29H40N2O7S. The third-order valence-electron chi connectivity index (χ3n) is 7.12. The Labute approximate surface area is 231 Å². The lowest BCUT2D eigenvalue weighted by molar-refractivity contribution is -0.132. The maximum absolute atomic E-state index is 13.8. The number of hydrogen-bond donors (Lipinski definition) is 2. The van der Waals surface area contributed by atoms with E-state index < -0.39 is 27.6 Å². The first-order valence-corrected chi connectivity index (χ1v) is 14.7. The molecule has 1 aliphatic carbocycles. The molecule has 1 unspecified atom stereocenters. The highest BCUT2D eigenvalue weighted by Crippen LogP contribution is 2.28. The number of nitrogens with zero attached hydrogens (tertiary/aromatic N) is 1. The third kappa shape index (κ3) is 9.33. The molecule has 1 amide bonds. The molecule has 0 bridgehead atoms. The minimum absolute atomic E-state index is 0.0108. The molecule has 3 rings (SSSR count). The quantitative estimate of drug-likeness (QED) is 0.292. The lowest BCUT2D eigenvalue weighted by atomic mass is 9.84. The van der Waals surface area contributed by atoms with Gasteiger partial charge in [-0.05, 0) is 60.9 Å². The lowest BCUT2D eigenvalue weighted by Gasteiger charge is -2.33. The van der Waals surface area contributed by atoms with Gasteiger partial charge in [0, 0.05) is 38.1 Å². The van der Waals surface area contributed by atoms with Crippen LogP contribution in [0.2, 0.25) is 0 Å². The van der Waals surface area contributed by atoms with E-state index in [-0.39, 0.29) is 29.7 Å². The second kappa shape index (κ2) is 13.9. The van der Waals surface area contributed by atoms with Crippen LogP contribution in [-0.2, 0) is 26.0 Å². The first-order valence-electron chi connectivity index (χ1n) is 13.3. The Morgan fingerprint density at radius 3 is 2.41 bits per heavy atom. The highest BCUT2D eigenvalue weighted by molar-refractivity contribution is 7.89. The summed E-state index contributed by atoms with van der Waals surface area (Å²) in [5.74, 6) is 0.783. The average molecular weight is 561 g/mol. The van der Waals surface area contributed by atoms with Gasteiger partial charge in [-0.3, -0.25) is 4.79 Å². The van der Waals surface area contributed by atoms with Crippen molar-refractivity contribution in [2.75, 3.05) is 33.4 Å². The molecule has 1 fully saturated rings. The third-order valence-corrected chi connectivity index (χ3v) is 8.98. The lowest BCUT2D eigenvalue weighted by Crippen LogP contribution is -2.43. The number of ether oxygens (including phenoxy) is 2. The Morgan fingerprint density at radius 2 is 1.85 bits per heavy atom. The molecule has 0 aromatic heterocycles. The van der Waals surface area contributed by atoms with Crippen molar-refractivity contribution < 1.29 is 32.6 Å². The van der Waals surface area contributed by atoms with E-state index in [0.29, 0.717) is 44.6 Å². The molecule has 214 valence electrons. The number of methoxy groups -OCH3 is 1. The smallest absolute Gasteiger partial charge is 0.404 e. The number of sulfonamides is 1. The van der Waals surface area contributed by atoms with Crippen LogP contribution in [0.15, 0.2) is 59.5 Å². The fourth-order valence-electron chi connectivity index (χ4n) is 4.55. The van der Waals surface area contributed by atoms with Gasteiger partial charge in [-0.15, -0.1) is 0 Å². The van der Waals surface area contributed by atoms with Gasteiger partial charge in [-0.1, -0.05) is 44.2 Å². The molecular weight excluding hydrogens is 520 g/mol. The monoisotopic (exact) mass is 560 g/mol. The van der Waals surface area contributed by atoms with E-state index >= 15 is 0 Å². The number of Topliss-reactive ketones (excluding diaryl/α,β-unsaturated/α-hetero) is 1. The summed E-state index contributed by atoms with van der Waals surface area (Å²) in [5, 5.41) is 12.0. The molecule has 2 aromatic rings. The van der Waals surface area contributed by atoms with Crippen LogP contribution in [0.5, 0.6) is 5.75 Å². The van der Waals surface area contributed by atoms with E-state index in [2.05, 4.69) is 5.32 Å². The molecule has 10 heteroatoms. The van der Waals surface area contributed by atoms with Crippen LogP contribution in [-0.4, -0.2) is 69.2 Å². The molecule has 2 aromatic carbocycles. The number of ketones is 1. The highest BCUT2D eigenvalue weighted by atomic mass is 32.2. The number of carboxylic acid groups (broad SMARTS) is 1. The largest absolute Gasteiger partial charge is 0.497 e. The molecule has 0 aliphatic heterocycles. The number of amides is 1. The SMILES string of the molecule is COc1ccc(S(=O)(=O)N(CC[C@H](Cc2ccccc2)NC(=O)O)CC(C)(C)CCOCC2CCC2=O)cc1. The van der Waals surface area contributed by atoms with E-state index in [1.165, 1.54) is 23.5 Å². The van der Waals surface area contributed by atoms with Crippen LogP contribution < -0.4 is 10.1 Å². The van der Waals surface area contributed by atoms with E-state index in [1.807, 2.05) is 44.2 Å². The van der Waals surface area contributed by atoms with Gasteiger partial charge in [0.1, 0.15) is 11.5 Å². The highest BCUT2D eigenvalue weighted by Gasteiger charge is 2.32. The Kier molecular flexibility index (Phi) is 10.9. The summed E-state index contributed by atoms with van der Waals surface area (Å²) in [6.07, 6.45) is 1.68. The fraction of sp³-hybridized carbons (Fsp3) is 0.517. The summed E-state index contributed by atoms with van der Waals surface area (Å²) in [5.41, 5.74) is 0.529. The topological polar surface area (TPSA) is 122 Å². The van der Waals surface area contributed by atoms with Crippen LogP contribution >= 0.6 is 0 Å². The Morgan fingerprint density at radius 1 is 1.15 bits per heavy atom. The van der Waals surface area contributed by atoms with Crippen molar-refractivity contribution in [1.82, 2.24) is 9.62 Å². The second-order valence-electron chi connectivity index (χ2n) is 10.8. The maximum atomic E-state index is 13.8. The molecule has 2 atom stereocenters. The normalized spacial score (nSPS) is 16.5.